The van der Waals surface area contributed by atoms with Gasteiger partial charge in [0.05, 0.1) is 12.5 Å². The van der Waals surface area contributed by atoms with Gasteiger partial charge in [-0.3, -0.25) is 0 Å². The van der Waals surface area contributed by atoms with Crippen molar-refractivity contribution in [3.63, 3.8) is 0 Å². The molecule has 0 aromatic heterocycles. The van der Waals surface area contributed by atoms with Crippen LogP contribution in [0.4, 0.5) is 4.79 Å². The molecule has 1 N–H and O–H groups in total. The SMILES string of the molecule is CC(C)c1ccc(COC(=O)NCCC#N)cc1. The number of carbonyl (C=O) groups excluding carboxylic acids is 1. The van der Waals surface area contributed by atoms with Gasteiger partial charge in [-0.25, -0.2) is 4.79 Å². The predicted molar refractivity (Wildman–Crippen MR) is 68.9 cm³/mol. The summed E-state index contributed by atoms with van der Waals surface area (Å²) in [5.74, 6) is 0.495. The van der Waals surface area contributed by atoms with Gasteiger partial charge in [-0.05, 0) is 17.0 Å². The van der Waals surface area contributed by atoms with Gasteiger partial charge in [0.2, 0.25) is 0 Å². The van der Waals surface area contributed by atoms with Crippen LogP contribution in [0.25, 0.3) is 0 Å². The molecule has 1 rings (SSSR count). The molecular formula is C14H18N2O2. The first kappa shape index (κ1) is 14.0. The molecule has 4 heteroatoms. The Labute approximate surface area is 108 Å². The number of rotatable bonds is 5. The van der Waals surface area contributed by atoms with Gasteiger partial charge in [0, 0.05) is 6.54 Å². The first-order valence-corrected chi connectivity index (χ1v) is 6.00. The standard InChI is InChI=1S/C14H18N2O2/c1-11(2)13-6-4-12(5-7-13)10-18-14(17)16-9-3-8-15/h4-7,11H,3,9-10H2,1-2H3,(H,16,17). The van der Waals surface area contributed by atoms with Crippen LogP contribution in [0.1, 0.15) is 37.3 Å². The summed E-state index contributed by atoms with van der Waals surface area (Å²) in [5, 5.41) is 10.8. The van der Waals surface area contributed by atoms with Crippen LogP contribution in [0.15, 0.2) is 24.3 Å². The van der Waals surface area contributed by atoms with Gasteiger partial charge < -0.3 is 10.1 Å². The Morgan fingerprint density at radius 1 is 1.39 bits per heavy atom. The number of benzene rings is 1. The zero-order valence-electron chi connectivity index (χ0n) is 10.8. The molecular weight excluding hydrogens is 228 g/mol. The van der Waals surface area contributed by atoms with E-state index in [1.165, 1.54) is 5.56 Å². The number of carbonyl (C=O) groups is 1. The molecule has 18 heavy (non-hydrogen) atoms. The molecule has 4 nitrogen and oxygen atoms in total. The molecule has 0 unspecified atom stereocenters. The highest BCUT2D eigenvalue weighted by molar-refractivity contribution is 5.67. The van der Waals surface area contributed by atoms with E-state index in [2.05, 4.69) is 19.2 Å². The number of hydrogen-bond donors (Lipinski definition) is 1. The van der Waals surface area contributed by atoms with Crippen molar-refractivity contribution in [2.24, 2.45) is 0 Å². The quantitative estimate of drug-likeness (QED) is 0.812. The van der Waals surface area contributed by atoms with Gasteiger partial charge in [0.15, 0.2) is 0 Å². The maximum Gasteiger partial charge on any atom is 0.407 e. The Bertz CT molecular complexity index is 418. The second kappa shape index (κ2) is 7.33. The molecule has 1 aromatic carbocycles. The van der Waals surface area contributed by atoms with Crippen molar-refractivity contribution in [3.05, 3.63) is 35.4 Å². The summed E-state index contributed by atoms with van der Waals surface area (Å²) in [6.45, 7) is 4.83. The lowest BCUT2D eigenvalue weighted by Crippen LogP contribution is -2.24. The number of hydrogen-bond acceptors (Lipinski definition) is 3. The summed E-state index contributed by atoms with van der Waals surface area (Å²) >= 11 is 0. The van der Waals surface area contributed by atoms with Gasteiger partial charge >= 0.3 is 6.09 Å². The fraction of sp³-hybridized carbons (Fsp3) is 0.429. The molecule has 0 bridgehead atoms. The van der Waals surface area contributed by atoms with Crippen molar-refractivity contribution in [1.82, 2.24) is 5.32 Å². The van der Waals surface area contributed by atoms with Gasteiger partial charge in [-0.2, -0.15) is 5.26 Å². The summed E-state index contributed by atoms with van der Waals surface area (Å²) in [6.07, 6.45) is -0.198. The van der Waals surface area contributed by atoms with Crippen molar-refractivity contribution in [2.75, 3.05) is 6.54 Å². The number of ether oxygens (including phenoxy) is 1. The molecule has 0 fully saturated rings. The molecule has 0 aliphatic carbocycles. The van der Waals surface area contributed by atoms with Crippen LogP contribution in [0.2, 0.25) is 0 Å². The highest BCUT2D eigenvalue weighted by Crippen LogP contribution is 2.14. The number of amides is 1. The van der Waals surface area contributed by atoms with Crippen molar-refractivity contribution in [2.45, 2.75) is 32.8 Å². The summed E-state index contributed by atoms with van der Waals surface area (Å²) in [6, 6.07) is 9.93. The number of alkyl carbamates (subject to hydrolysis) is 1. The van der Waals surface area contributed by atoms with E-state index < -0.39 is 6.09 Å². The molecule has 0 heterocycles. The average molecular weight is 246 g/mol. The van der Waals surface area contributed by atoms with E-state index in [0.29, 0.717) is 12.5 Å². The number of nitriles is 1. The Hall–Kier alpha value is -2.02. The lowest BCUT2D eigenvalue weighted by Gasteiger charge is -2.08. The molecule has 0 aliphatic heterocycles. The van der Waals surface area contributed by atoms with Gasteiger partial charge in [0.25, 0.3) is 0 Å². The predicted octanol–water partition coefficient (Wildman–Crippen LogP) is 2.95. The van der Waals surface area contributed by atoms with E-state index in [1.807, 2.05) is 30.3 Å². The van der Waals surface area contributed by atoms with Crippen LogP contribution in [0.5, 0.6) is 0 Å². The fourth-order valence-electron chi connectivity index (χ4n) is 1.42. The Morgan fingerprint density at radius 3 is 2.61 bits per heavy atom. The average Bonchev–Trinajstić information content (AvgIpc) is 2.37. The van der Waals surface area contributed by atoms with Crippen LogP contribution in [0.3, 0.4) is 0 Å². The van der Waals surface area contributed by atoms with Crippen LogP contribution in [0, 0.1) is 11.3 Å². The van der Waals surface area contributed by atoms with E-state index in [-0.39, 0.29) is 13.0 Å². The van der Waals surface area contributed by atoms with Gasteiger partial charge in [-0.1, -0.05) is 38.1 Å². The zero-order valence-corrected chi connectivity index (χ0v) is 10.8. The Morgan fingerprint density at radius 2 is 2.06 bits per heavy atom. The third-order valence-corrected chi connectivity index (χ3v) is 2.52. The molecule has 1 amide bonds. The third-order valence-electron chi connectivity index (χ3n) is 2.52. The molecule has 0 saturated carbocycles. The van der Waals surface area contributed by atoms with Gasteiger partial charge in [0.1, 0.15) is 6.61 Å². The lowest BCUT2D eigenvalue weighted by molar-refractivity contribution is 0.140. The van der Waals surface area contributed by atoms with Crippen molar-refractivity contribution in [3.8, 4) is 6.07 Å². The van der Waals surface area contributed by atoms with Crippen LogP contribution < -0.4 is 5.32 Å². The maximum atomic E-state index is 11.2. The van der Waals surface area contributed by atoms with E-state index in [0.717, 1.165) is 5.56 Å². The first-order valence-electron chi connectivity index (χ1n) is 6.00. The molecule has 0 radical (unpaired) electrons. The fourth-order valence-corrected chi connectivity index (χ4v) is 1.42. The van der Waals surface area contributed by atoms with E-state index in [1.54, 1.807) is 0 Å². The molecule has 0 aliphatic rings. The second-order valence-electron chi connectivity index (χ2n) is 4.31. The highest BCUT2D eigenvalue weighted by Gasteiger charge is 2.03. The van der Waals surface area contributed by atoms with E-state index >= 15 is 0 Å². The Balaban J connectivity index is 2.35. The van der Waals surface area contributed by atoms with Crippen molar-refractivity contribution >= 4 is 6.09 Å². The molecule has 0 saturated heterocycles. The second-order valence-corrected chi connectivity index (χ2v) is 4.31. The van der Waals surface area contributed by atoms with Gasteiger partial charge in [-0.15, -0.1) is 0 Å². The Kier molecular flexibility index (Phi) is 5.72. The normalized spacial score (nSPS) is 9.89. The van der Waals surface area contributed by atoms with E-state index in [4.69, 9.17) is 10.00 Å². The molecule has 96 valence electrons. The largest absolute Gasteiger partial charge is 0.445 e. The first-order chi connectivity index (χ1) is 8.63. The minimum atomic E-state index is -0.488. The summed E-state index contributed by atoms with van der Waals surface area (Å²) in [4.78, 5) is 11.2. The van der Waals surface area contributed by atoms with Crippen LogP contribution >= 0.6 is 0 Å². The van der Waals surface area contributed by atoms with Crippen LogP contribution in [-0.4, -0.2) is 12.6 Å². The van der Waals surface area contributed by atoms with Crippen molar-refractivity contribution < 1.29 is 9.53 Å². The highest BCUT2D eigenvalue weighted by atomic mass is 16.5. The third kappa shape index (κ3) is 4.88. The number of nitrogens with zero attached hydrogens (tertiary/aromatic N) is 1. The summed E-state index contributed by atoms with van der Waals surface area (Å²) in [5.41, 5.74) is 2.21. The molecule has 1 aromatic rings. The minimum absolute atomic E-state index is 0.247. The monoisotopic (exact) mass is 246 g/mol. The maximum absolute atomic E-state index is 11.2. The minimum Gasteiger partial charge on any atom is -0.445 e. The molecule has 0 spiro atoms. The smallest absolute Gasteiger partial charge is 0.407 e. The van der Waals surface area contributed by atoms with E-state index in [9.17, 15) is 4.79 Å². The summed E-state index contributed by atoms with van der Waals surface area (Å²) in [7, 11) is 0. The van der Waals surface area contributed by atoms with Crippen LogP contribution in [-0.2, 0) is 11.3 Å². The number of nitrogens with one attached hydrogen (secondary N) is 1. The molecule has 0 atom stereocenters. The topological polar surface area (TPSA) is 62.1 Å². The lowest BCUT2D eigenvalue weighted by atomic mass is 10.0. The zero-order chi connectivity index (χ0) is 13.4. The summed E-state index contributed by atoms with van der Waals surface area (Å²) < 4.78 is 5.02. The van der Waals surface area contributed by atoms with Crippen molar-refractivity contribution in [1.29, 1.82) is 5.26 Å².